The second kappa shape index (κ2) is 11.9. The molecular formula is C23H37ClIN5O. The first-order chi connectivity index (χ1) is 14.7. The monoisotopic (exact) mass is 561 g/mol. The smallest absolute Gasteiger partial charge is 0.193 e. The van der Waals surface area contributed by atoms with Crippen LogP contribution in [-0.2, 0) is 4.74 Å². The molecule has 31 heavy (non-hydrogen) atoms. The molecule has 3 saturated heterocycles. The van der Waals surface area contributed by atoms with E-state index in [4.69, 9.17) is 21.3 Å². The van der Waals surface area contributed by atoms with Crippen LogP contribution in [0.15, 0.2) is 29.3 Å². The van der Waals surface area contributed by atoms with Gasteiger partial charge in [0, 0.05) is 81.6 Å². The van der Waals surface area contributed by atoms with E-state index in [1.807, 2.05) is 12.1 Å². The number of benzene rings is 1. The van der Waals surface area contributed by atoms with E-state index in [2.05, 4.69) is 39.1 Å². The molecule has 0 saturated carbocycles. The number of nitrogens with zero attached hydrogens (tertiary/aromatic N) is 4. The first kappa shape index (κ1) is 24.9. The van der Waals surface area contributed by atoms with Crippen LogP contribution >= 0.6 is 35.6 Å². The van der Waals surface area contributed by atoms with E-state index in [1.54, 1.807) is 0 Å². The molecule has 8 heteroatoms. The van der Waals surface area contributed by atoms with E-state index in [1.165, 1.54) is 18.5 Å². The Bertz CT molecular complexity index is 720. The third-order valence-corrected chi connectivity index (χ3v) is 6.93. The van der Waals surface area contributed by atoms with Crippen molar-refractivity contribution in [3.05, 3.63) is 29.3 Å². The van der Waals surface area contributed by atoms with E-state index >= 15 is 0 Å². The number of halogens is 2. The number of aliphatic imine (C=N–C) groups is 1. The van der Waals surface area contributed by atoms with Crippen molar-refractivity contribution in [1.82, 2.24) is 15.1 Å². The van der Waals surface area contributed by atoms with Gasteiger partial charge in [-0.15, -0.1) is 24.0 Å². The van der Waals surface area contributed by atoms with Crippen molar-refractivity contribution >= 4 is 47.2 Å². The Hall–Kier alpha value is -0.770. The highest BCUT2D eigenvalue weighted by atomic mass is 127. The minimum absolute atomic E-state index is 0. The Morgan fingerprint density at radius 2 is 2.03 bits per heavy atom. The highest BCUT2D eigenvalue weighted by molar-refractivity contribution is 14.0. The van der Waals surface area contributed by atoms with Crippen molar-refractivity contribution in [2.75, 3.05) is 77.0 Å². The third kappa shape index (κ3) is 6.62. The number of hydrogen-bond acceptors (Lipinski definition) is 4. The van der Waals surface area contributed by atoms with E-state index < -0.39 is 0 Å². The van der Waals surface area contributed by atoms with Crippen molar-refractivity contribution in [3.63, 3.8) is 0 Å². The molecule has 1 unspecified atom stereocenters. The van der Waals surface area contributed by atoms with Crippen LogP contribution in [0.4, 0.5) is 5.69 Å². The van der Waals surface area contributed by atoms with Crippen LogP contribution in [0.25, 0.3) is 0 Å². The van der Waals surface area contributed by atoms with Crippen molar-refractivity contribution in [3.8, 4) is 0 Å². The van der Waals surface area contributed by atoms with Gasteiger partial charge in [0.2, 0.25) is 0 Å². The Morgan fingerprint density at radius 3 is 2.74 bits per heavy atom. The molecule has 3 fully saturated rings. The molecule has 3 heterocycles. The van der Waals surface area contributed by atoms with Crippen LogP contribution in [0.2, 0.25) is 5.02 Å². The summed E-state index contributed by atoms with van der Waals surface area (Å²) in [6.45, 7) is 13.4. The molecule has 0 aliphatic carbocycles. The average Bonchev–Trinajstić information content (AvgIpc) is 3.40. The summed E-state index contributed by atoms with van der Waals surface area (Å²) >= 11 is 6.14. The van der Waals surface area contributed by atoms with Gasteiger partial charge in [-0.2, -0.15) is 0 Å². The topological polar surface area (TPSA) is 43.3 Å². The van der Waals surface area contributed by atoms with E-state index in [9.17, 15) is 0 Å². The van der Waals surface area contributed by atoms with Crippen molar-refractivity contribution < 1.29 is 4.74 Å². The number of likely N-dealkylation sites (tertiary alicyclic amines) is 1. The Balaban J connectivity index is 0.00000272. The molecule has 1 atom stereocenters. The molecule has 1 aromatic rings. The SMILES string of the molecule is CCNC(=NCCCN1CCN(c2cccc(Cl)c2)CC1)N1CCC2(CCOC2)C1.I. The van der Waals surface area contributed by atoms with Crippen LogP contribution in [-0.4, -0.2) is 87.9 Å². The minimum atomic E-state index is 0. The molecule has 6 nitrogen and oxygen atoms in total. The molecular weight excluding hydrogens is 525 g/mol. The van der Waals surface area contributed by atoms with E-state index in [0.29, 0.717) is 5.41 Å². The van der Waals surface area contributed by atoms with Gasteiger partial charge in [0.05, 0.1) is 6.61 Å². The molecule has 174 valence electrons. The lowest BCUT2D eigenvalue weighted by Gasteiger charge is -2.36. The fourth-order valence-corrected chi connectivity index (χ4v) is 5.08. The summed E-state index contributed by atoms with van der Waals surface area (Å²) in [6.07, 6.45) is 3.53. The summed E-state index contributed by atoms with van der Waals surface area (Å²) in [4.78, 5) is 12.4. The maximum Gasteiger partial charge on any atom is 0.193 e. The molecule has 0 radical (unpaired) electrons. The molecule has 1 aromatic carbocycles. The fourth-order valence-electron chi connectivity index (χ4n) is 4.89. The Labute approximate surface area is 209 Å². The summed E-state index contributed by atoms with van der Waals surface area (Å²) < 4.78 is 5.68. The van der Waals surface area contributed by atoms with E-state index in [-0.39, 0.29) is 24.0 Å². The quantitative estimate of drug-likeness (QED) is 0.249. The second-order valence-corrected chi connectivity index (χ2v) is 9.31. The van der Waals surface area contributed by atoms with Gasteiger partial charge < -0.3 is 19.9 Å². The standard InChI is InChI=1S/C23H36ClN5O.HI/c1-2-25-22(29-11-7-23(18-29)8-16-30-19-23)26-9-4-10-27-12-14-28(15-13-27)21-6-3-5-20(24)17-21;/h3,5-6,17H,2,4,7-16,18-19H2,1H3,(H,25,26);1H. The predicted molar refractivity (Wildman–Crippen MR) is 140 cm³/mol. The van der Waals surface area contributed by atoms with Crippen LogP contribution < -0.4 is 10.2 Å². The van der Waals surface area contributed by atoms with Crippen LogP contribution in [0.1, 0.15) is 26.2 Å². The number of piperazine rings is 1. The average molecular weight is 562 g/mol. The summed E-state index contributed by atoms with van der Waals surface area (Å²) in [5.74, 6) is 1.09. The van der Waals surface area contributed by atoms with E-state index in [0.717, 1.165) is 89.5 Å². The molecule has 1 N–H and O–H groups in total. The van der Waals surface area contributed by atoms with Gasteiger partial charge in [-0.05, 0) is 44.4 Å². The first-order valence-electron chi connectivity index (χ1n) is 11.5. The summed E-state index contributed by atoms with van der Waals surface area (Å²) in [5, 5.41) is 4.32. The fraction of sp³-hybridized carbons (Fsp3) is 0.696. The van der Waals surface area contributed by atoms with Gasteiger partial charge in [-0.3, -0.25) is 9.89 Å². The zero-order valence-corrected chi connectivity index (χ0v) is 21.8. The van der Waals surface area contributed by atoms with Crippen LogP contribution in [0, 0.1) is 5.41 Å². The number of anilines is 1. The second-order valence-electron chi connectivity index (χ2n) is 8.87. The lowest BCUT2D eigenvalue weighted by molar-refractivity contribution is 0.156. The maximum absolute atomic E-state index is 6.14. The van der Waals surface area contributed by atoms with Crippen LogP contribution in [0.3, 0.4) is 0 Å². The van der Waals surface area contributed by atoms with Gasteiger partial charge in [0.15, 0.2) is 5.96 Å². The lowest BCUT2D eigenvalue weighted by Crippen LogP contribution is -2.46. The molecule has 3 aliphatic heterocycles. The minimum Gasteiger partial charge on any atom is -0.381 e. The number of ether oxygens (including phenoxy) is 1. The number of hydrogen-bond donors (Lipinski definition) is 1. The van der Waals surface area contributed by atoms with Gasteiger partial charge >= 0.3 is 0 Å². The lowest BCUT2D eigenvalue weighted by atomic mass is 9.87. The Morgan fingerprint density at radius 1 is 1.19 bits per heavy atom. The number of nitrogens with one attached hydrogen (secondary N) is 1. The number of rotatable bonds is 6. The summed E-state index contributed by atoms with van der Waals surface area (Å²) in [7, 11) is 0. The highest BCUT2D eigenvalue weighted by Gasteiger charge is 2.42. The molecule has 0 amide bonds. The maximum atomic E-state index is 6.14. The summed E-state index contributed by atoms with van der Waals surface area (Å²) in [6, 6.07) is 8.19. The summed E-state index contributed by atoms with van der Waals surface area (Å²) in [5.41, 5.74) is 1.61. The molecule has 4 rings (SSSR count). The largest absolute Gasteiger partial charge is 0.381 e. The van der Waals surface area contributed by atoms with Gasteiger partial charge in [0.25, 0.3) is 0 Å². The highest BCUT2D eigenvalue weighted by Crippen LogP contribution is 2.38. The predicted octanol–water partition coefficient (Wildman–Crippen LogP) is 3.55. The zero-order chi connectivity index (χ0) is 20.8. The van der Waals surface area contributed by atoms with Crippen molar-refractivity contribution in [1.29, 1.82) is 0 Å². The number of guanidine groups is 1. The molecule has 0 aromatic heterocycles. The molecule has 1 spiro atoms. The third-order valence-electron chi connectivity index (χ3n) is 6.70. The van der Waals surface area contributed by atoms with Crippen LogP contribution in [0.5, 0.6) is 0 Å². The van der Waals surface area contributed by atoms with Gasteiger partial charge in [0.1, 0.15) is 0 Å². The first-order valence-corrected chi connectivity index (χ1v) is 11.9. The van der Waals surface area contributed by atoms with Gasteiger partial charge in [-0.25, -0.2) is 0 Å². The van der Waals surface area contributed by atoms with Crippen molar-refractivity contribution in [2.45, 2.75) is 26.2 Å². The Kier molecular flexibility index (Phi) is 9.55. The molecule has 3 aliphatic rings. The van der Waals surface area contributed by atoms with Crippen molar-refractivity contribution in [2.24, 2.45) is 10.4 Å². The molecule has 0 bridgehead atoms. The normalized spacial score (nSPS) is 24.6. The van der Waals surface area contributed by atoms with Gasteiger partial charge in [-0.1, -0.05) is 17.7 Å². The zero-order valence-electron chi connectivity index (χ0n) is 18.7.